The number of nitrogens with zero attached hydrogens (tertiary/aromatic N) is 3. The highest BCUT2D eigenvalue weighted by atomic mass is 127. The number of carbonyl (C=O) groups excluding carboxylic acids is 1. The van der Waals surface area contributed by atoms with Gasteiger partial charge in [0.15, 0.2) is 11.7 Å². The molecule has 0 saturated carbocycles. The summed E-state index contributed by atoms with van der Waals surface area (Å²) in [4.78, 5) is 18.6. The monoisotopic (exact) mass is 450 g/mol. The molecule has 0 spiro atoms. The normalized spacial score (nSPS) is 20.7. The topological polar surface area (TPSA) is 80.0 Å². The fourth-order valence-corrected chi connectivity index (χ4v) is 2.77. The van der Waals surface area contributed by atoms with E-state index in [2.05, 4.69) is 27.3 Å². The minimum Gasteiger partial charge on any atom is -0.469 e. The summed E-state index contributed by atoms with van der Waals surface area (Å²) in [5.74, 6) is 1.51. The number of aromatic nitrogens is 1. The maximum Gasteiger partial charge on any atom is 0.310 e. The molecule has 24 heavy (non-hydrogen) atoms. The number of aryl methyl sites for hydroxylation is 1. The van der Waals surface area contributed by atoms with Crippen LogP contribution in [0, 0.1) is 11.8 Å². The van der Waals surface area contributed by atoms with Gasteiger partial charge in [-0.2, -0.15) is 0 Å². The third-order valence-electron chi connectivity index (χ3n) is 4.11. The Balaban J connectivity index is 0.00000288. The third kappa shape index (κ3) is 5.09. The number of halogens is 1. The maximum absolute atomic E-state index is 11.8. The second kappa shape index (κ2) is 9.85. The van der Waals surface area contributed by atoms with Crippen molar-refractivity contribution in [3.05, 3.63) is 17.5 Å². The molecular weight excluding hydrogens is 423 g/mol. The second-order valence-electron chi connectivity index (χ2n) is 5.82. The van der Waals surface area contributed by atoms with Crippen molar-refractivity contribution in [2.45, 2.75) is 33.7 Å². The number of carbonyl (C=O) groups is 1. The predicted octanol–water partition coefficient (Wildman–Crippen LogP) is 2.06. The van der Waals surface area contributed by atoms with E-state index in [-0.39, 0.29) is 41.8 Å². The molecule has 1 aromatic rings. The number of rotatable bonds is 5. The Hall–Kier alpha value is -1.32. The van der Waals surface area contributed by atoms with Crippen molar-refractivity contribution in [2.75, 3.05) is 26.7 Å². The third-order valence-corrected chi connectivity index (χ3v) is 4.11. The smallest absolute Gasteiger partial charge is 0.310 e. The van der Waals surface area contributed by atoms with Crippen molar-refractivity contribution in [3.8, 4) is 0 Å². The number of ether oxygens (including phenoxy) is 1. The van der Waals surface area contributed by atoms with E-state index in [9.17, 15) is 4.79 Å². The van der Waals surface area contributed by atoms with Gasteiger partial charge < -0.3 is 19.5 Å². The highest BCUT2D eigenvalue weighted by molar-refractivity contribution is 14.0. The molecule has 2 heterocycles. The standard InChI is InChI=1S/C16H26N4O3.HI/c1-5-12-7-13(23-19-12)8-18-16(17-6-2)20-9-11(3)14(10-20)15(21)22-4;/h7,11,14H,5-6,8-10H2,1-4H3,(H,17,18);1H. The van der Waals surface area contributed by atoms with Crippen LogP contribution in [-0.4, -0.2) is 48.7 Å². The molecule has 1 N–H and O–H groups in total. The lowest BCUT2D eigenvalue weighted by molar-refractivity contribution is -0.145. The van der Waals surface area contributed by atoms with Crippen LogP contribution >= 0.6 is 24.0 Å². The molecule has 1 aliphatic heterocycles. The Morgan fingerprint density at radius 3 is 2.83 bits per heavy atom. The van der Waals surface area contributed by atoms with Crippen molar-refractivity contribution in [1.82, 2.24) is 15.4 Å². The van der Waals surface area contributed by atoms with Gasteiger partial charge in [-0.25, -0.2) is 4.99 Å². The number of hydrogen-bond acceptors (Lipinski definition) is 5. The highest BCUT2D eigenvalue weighted by Gasteiger charge is 2.36. The lowest BCUT2D eigenvalue weighted by Gasteiger charge is -2.21. The van der Waals surface area contributed by atoms with E-state index in [1.807, 2.05) is 19.9 Å². The number of hydrogen-bond donors (Lipinski definition) is 1. The minimum absolute atomic E-state index is 0. The van der Waals surface area contributed by atoms with E-state index in [0.717, 1.165) is 36.9 Å². The SMILES string of the molecule is CCNC(=NCc1cc(CC)no1)N1CC(C)C(C(=O)OC)C1.I. The number of guanidine groups is 1. The molecule has 0 bridgehead atoms. The van der Waals surface area contributed by atoms with E-state index >= 15 is 0 Å². The van der Waals surface area contributed by atoms with E-state index in [1.54, 1.807) is 0 Å². The van der Waals surface area contributed by atoms with Gasteiger partial charge in [-0.15, -0.1) is 24.0 Å². The number of likely N-dealkylation sites (tertiary alicyclic amines) is 1. The van der Waals surface area contributed by atoms with Crippen LogP contribution in [0.1, 0.15) is 32.2 Å². The summed E-state index contributed by atoms with van der Waals surface area (Å²) in [7, 11) is 1.44. The largest absolute Gasteiger partial charge is 0.469 e. The fraction of sp³-hybridized carbons (Fsp3) is 0.688. The summed E-state index contributed by atoms with van der Waals surface area (Å²) in [5, 5.41) is 7.25. The van der Waals surface area contributed by atoms with Crippen LogP contribution in [0.3, 0.4) is 0 Å². The molecule has 0 radical (unpaired) electrons. The minimum atomic E-state index is -0.154. The van der Waals surface area contributed by atoms with Gasteiger partial charge in [-0.05, 0) is 19.3 Å². The van der Waals surface area contributed by atoms with Crippen LogP contribution in [-0.2, 0) is 22.5 Å². The van der Waals surface area contributed by atoms with E-state index in [0.29, 0.717) is 13.1 Å². The Morgan fingerprint density at radius 2 is 2.25 bits per heavy atom. The molecule has 2 rings (SSSR count). The molecule has 0 amide bonds. The number of esters is 1. The van der Waals surface area contributed by atoms with Gasteiger partial charge in [0.2, 0.25) is 0 Å². The van der Waals surface area contributed by atoms with Crippen molar-refractivity contribution in [3.63, 3.8) is 0 Å². The molecule has 1 fully saturated rings. The lowest BCUT2D eigenvalue weighted by Crippen LogP contribution is -2.40. The van der Waals surface area contributed by atoms with Crippen LogP contribution in [0.2, 0.25) is 0 Å². The zero-order chi connectivity index (χ0) is 16.8. The van der Waals surface area contributed by atoms with Crippen molar-refractivity contribution < 1.29 is 14.1 Å². The summed E-state index contributed by atoms with van der Waals surface area (Å²) >= 11 is 0. The molecule has 1 saturated heterocycles. The molecule has 136 valence electrons. The van der Waals surface area contributed by atoms with Crippen LogP contribution in [0.5, 0.6) is 0 Å². The average molecular weight is 450 g/mol. The summed E-state index contributed by atoms with van der Waals surface area (Å²) in [6.07, 6.45) is 0.845. The first-order valence-corrected chi connectivity index (χ1v) is 8.14. The maximum atomic E-state index is 11.8. The van der Waals surface area contributed by atoms with Crippen molar-refractivity contribution in [1.29, 1.82) is 0 Å². The Bertz CT molecular complexity index is 561. The van der Waals surface area contributed by atoms with Gasteiger partial charge in [0.25, 0.3) is 0 Å². The Labute approximate surface area is 160 Å². The predicted molar refractivity (Wildman–Crippen MR) is 102 cm³/mol. The Kier molecular flexibility index (Phi) is 8.51. The molecule has 1 aliphatic rings. The molecular formula is C16H27IN4O3. The van der Waals surface area contributed by atoms with E-state index < -0.39 is 0 Å². The molecule has 1 aromatic heterocycles. The second-order valence-corrected chi connectivity index (χ2v) is 5.82. The Morgan fingerprint density at radius 1 is 1.50 bits per heavy atom. The summed E-state index contributed by atoms with van der Waals surface area (Å²) < 4.78 is 10.2. The fourth-order valence-electron chi connectivity index (χ4n) is 2.77. The van der Waals surface area contributed by atoms with E-state index in [1.165, 1.54) is 7.11 Å². The summed E-state index contributed by atoms with van der Waals surface area (Å²) in [6.45, 7) is 8.73. The lowest BCUT2D eigenvalue weighted by atomic mass is 9.99. The summed E-state index contributed by atoms with van der Waals surface area (Å²) in [5.41, 5.74) is 0.931. The molecule has 2 unspecified atom stereocenters. The summed E-state index contributed by atoms with van der Waals surface area (Å²) in [6, 6.07) is 1.93. The van der Waals surface area contributed by atoms with Gasteiger partial charge in [0, 0.05) is 25.7 Å². The number of methoxy groups -OCH3 is 1. The molecule has 8 heteroatoms. The van der Waals surface area contributed by atoms with Crippen LogP contribution in [0.15, 0.2) is 15.6 Å². The van der Waals surface area contributed by atoms with Gasteiger partial charge in [0.1, 0.15) is 6.54 Å². The number of aliphatic imine (C=N–C) groups is 1. The zero-order valence-electron chi connectivity index (χ0n) is 14.7. The first-order chi connectivity index (χ1) is 11.1. The van der Waals surface area contributed by atoms with Crippen molar-refractivity contribution >= 4 is 35.9 Å². The molecule has 7 nitrogen and oxygen atoms in total. The molecule has 2 atom stereocenters. The average Bonchev–Trinajstić information content (AvgIpc) is 3.17. The molecule has 0 aliphatic carbocycles. The highest BCUT2D eigenvalue weighted by Crippen LogP contribution is 2.24. The first-order valence-electron chi connectivity index (χ1n) is 8.14. The van der Waals surface area contributed by atoms with Crippen LogP contribution in [0.25, 0.3) is 0 Å². The van der Waals surface area contributed by atoms with Gasteiger partial charge in [0.05, 0.1) is 18.7 Å². The van der Waals surface area contributed by atoms with Gasteiger partial charge in [-0.1, -0.05) is 19.0 Å². The number of nitrogens with one attached hydrogen (secondary N) is 1. The van der Waals surface area contributed by atoms with E-state index in [4.69, 9.17) is 9.26 Å². The first kappa shape index (κ1) is 20.7. The van der Waals surface area contributed by atoms with Crippen molar-refractivity contribution in [2.24, 2.45) is 16.8 Å². The van der Waals surface area contributed by atoms with Crippen LogP contribution in [0.4, 0.5) is 0 Å². The van der Waals surface area contributed by atoms with Crippen LogP contribution < -0.4 is 5.32 Å². The van der Waals surface area contributed by atoms with Gasteiger partial charge >= 0.3 is 5.97 Å². The zero-order valence-corrected chi connectivity index (χ0v) is 17.1. The van der Waals surface area contributed by atoms with Gasteiger partial charge in [-0.3, -0.25) is 4.79 Å². The quantitative estimate of drug-likeness (QED) is 0.320. The molecule has 0 aromatic carbocycles.